The SMILES string of the molecule is CC/C=C\C/C=C\C/C=C\C/C=C\C/C=C\C/C=C\C/C=C\CCCCCCCCCC(=O)OC(COC(=O)CCCCCCCCCCCCCCC/C=C\C/C=C\C/C=C\C/C=C\C/C=C\CC)COP(=O)(O)OCCN. The minimum Gasteiger partial charge on any atom is -0.462 e. The van der Waals surface area contributed by atoms with Gasteiger partial charge in [0.1, 0.15) is 6.61 Å². The third-order valence-electron chi connectivity index (χ3n) is 12.7. The van der Waals surface area contributed by atoms with Crippen LogP contribution < -0.4 is 5.73 Å². The summed E-state index contributed by atoms with van der Waals surface area (Å²) < 4.78 is 33.1. The fourth-order valence-corrected chi connectivity index (χ4v) is 8.94. The van der Waals surface area contributed by atoms with Crippen LogP contribution in [0.5, 0.6) is 0 Å². The average molecular weight is 1120 g/mol. The van der Waals surface area contributed by atoms with Gasteiger partial charge in [-0.1, -0.05) is 262 Å². The third kappa shape index (κ3) is 62.9. The van der Waals surface area contributed by atoms with Crippen molar-refractivity contribution in [1.82, 2.24) is 0 Å². The second-order valence-electron chi connectivity index (χ2n) is 20.2. The van der Waals surface area contributed by atoms with E-state index in [2.05, 4.69) is 160 Å². The number of phosphoric acid groups is 1. The summed E-state index contributed by atoms with van der Waals surface area (Å²) in [7, 11) is -4.40. The van der Waals surface area contributed by atoms with Crippen LogP contribution in [0.2, 0.25) is 0 Å². The Balaban J connectivity index is 4.01. The van der Waals surface area contributed by atoms with Gasteiger partial charge in [0.15, 0.2) is 6.10 Å². The van der Waals surface area contributed by atoms with Gasteiger partial charge in [0.2, 0.25) is 0 Å². The number of allylic oxidation sites excluding steroid dienone is 24. The predicted molar refractivity (Wildman–Crippen MR) is 339 cm³/mol. The van der Waals surface area contributed by atoms with Gasteiger partial charge in [-0.15, -0.1) is 0 Å². The van der Waals surface area contributed by atoms with E-state index in [-0.39, 0.29) is 32.6 Å². The third-order valence-corrected chi connectivity index (χ3v) is 13.7. The fourth-order valence-electron chi connectivity index (χ4n) is 8.17. The van der Waals surface area contributed by atoms with Crippen molar-refractivity contribution in [3.63, 3.8) is 0 Å². The minimum atomic E-state index is -4.40. The van der Waals surface area contributed by atoms with E-state index < -0.39 is 32.5 Å². The van der Waals surface area contributed by atoms with E-state index in [4.69, 9.17) is 24.3 Å². The van der Waals surface area contributed by atoms with Gasteiger partial charge >= 0.3 is 19.8 Å². The highest BCUT2D eigenvalue weighted by molar-refractivity contribution is 7.47. The maximum Gasteiger partial charge on any atom is 0.472 e. The molecule has 448 valence electrons. The highest BCUT2D eigenvalue weighted by atomic mass is 31.2. The normalized spacial score (nSPS) is 14.0. The summed E-state index contributed by atoms with van der Waals surface area (Å²) in [5.41, 5.74) is 5.39. The molecular formula is C69H114NO8P. The summed E-state index contributed by atoms with van der Waals surface area (Å²) >= 11 is 0. The van der Waals surface area contributed by atoms with E-state index in [1.54, 1.807) is 0 Å². The molecule has 9 nitrogen and oxygen atoms in total. The van der Waals surface area contributed by atoms with Crippen LogP contribution in [0.15, 0.2) is 146 Å². The molecular weight excluding hydrogens is 1000 g/mol. The molecule has 0 spiro atoms. The summed E-state index contributed by atoms with van der Waals surface area (Å²) in [6.07, 6.45) is 90.5. The van der Waals surface area contributed by atoms with Crippen molar-refractivity contribution in [2.45, 2.75) is 251 Å². The molecule has 0 radical (unpaired) electrons. The van der Waals surface area contributed by atoms with Gasteiger partial charge in [-0.3, -0.25) is 18.6 Å². The van der Waals surface area contributed by atoms with Crippen molar-refractivity contribution in [1.29, 1.82) is 0 Å². The molecule has 0 aliphatic rings. The topological polar surface area (TPSA) is 134 Å². The molecule has 3 N–H and O–H groups in total. The molecule has 0 aromatic rings. The smallest absolute Gasteiger partial charge is 0.462 e. The summed E-state index contributed by atoms with van der Waals surface area (Å²) in [4.78, 5) is 35.3. The van der Waals surface area contributed by atoms with Crippen LogP contribution in [0.4, 0.5) is 0 Å². The van der Waals surface area contributed by atoms with Crippen molar-refractivity contribution in [3.8, 4) is 0 Å². The summed E-state index contributed by atoms with van der Waals surface area (Å²) in [6.45, 7) is 3.50. The first-order valence-corrected chi connectivity index (χ1v) is 32.8. The van der Waals surface area contributed by atoms with Gasteiger partial charge in [0.25, 0.3) is 0 Å². The number of carbonyl (C=O) groups excluding carboxylic acids is 2. The van der Waals surface area contributed by atoms with E-state index in [0.29, 0.717) is 6.42 Å². The standard InChI is InChI=1S/C69H114NO8P/c1-3-5-7-9-11-13-15-17-19-21-23-25-27-29-31-33-35-37-39-41-43-45-47-49-51-53-55-57-59-61-68(71)75-65-67(66-77-79(73,74)76-64-63-70)78-69(72)62-60-58-56-54-52-50-48-46-44-42-40-38-36-34-32-30-28-26-24-22-20-18-16-14-12-10-8-6-4-2/h5-8,11-14,17-20,23-26,29-32,36,38,42,44,67H,3-4,9-10,15-16,21-22,27-28,33-35,37,39-41,43,45-66,70H2,1-2H3,(H,73,74)/b7-5-,8-6-,13-11-,14-12-,19-17-,20-18-,25-23-,26-24-,31-29-,32-30-,38-36-,44-42-. The van der Waals surface area contributed by atoms with Crippen molar-refractivity contribution in [3.05, 3.63) is 146 Å². The number of esters is 2. The lowest BCUT2D eigenvalue weighted by molar-refractivity contribution is -0.161. The average Bonchev–Trinajstić information content (AvgIpc) is 3.44. The Morgan fingerprint density at radius 2 is 0.658 bits per heavy atom. The van der Waals surface area contributed by atoms with Crippen LogP contribution in [0.3, 0.4) is 0 Å². The number of carbonyl (C=O) groups is 2. The molecule has 0 amide bonds. The zero-order valence-corrected chi connectivity index (χ0v) is 50.9. The number of rotatable bonds is 57. The Bertz CT molecular complexity index is 1800. The van der Waals surface area contributed by atoms with Gasteiger partial charge in [-0.25, -0.2) is 4.57 Å². The van der Waals surface area contributed by atoms with Crippen molar-refractivity contribution in [2.75, 3.05) is 26.4 Å². The zero-order chi connectivity index (χ0) is 57.3. The number of unbranched alkanes of at least 4 members (excludes halogenated alkanes) is 20. The number of hydrogen-bond donors (Lipinski definition) is 2. The monoisotopic (exact) mass is 1120 g/mol. The summed E-state index contributed by atoms with van der Waals surface area (Å²) in [5, 5.41) is 0. The van der Waals surface area contributed by atoms with Crippen LogP contribution >= 0.6 is 7.82 Å². The summed E-state index contributed by atoms with van der Waals surface area (Å²) in [5.74, 6) is -0.849. The number of ether oxygens (including phenoxy) is 2. The molecule has 0 aromatic heterocycles. The first kappa shape index (κ1) is 74.9. The quantitative estimate of drug-likeness (QED) is 0.0264. The van der Waals surface area contributed by atoms with Crippen LogP contribution in [0, 0.1) is 0 Å². The van der Waals surface area contributed by atoms with Gasteiger partial charge in [0, 0.05) is 19.4 Å². The van der Waals surface area contributed by atoms with Crippen LogP contribution in [0.1, 0.15) is 245 Å². The van der Waals surface area contributed by atoms with E-state index in [0.717, 1.165) is 122 Å². The second kappa shape index (κ2) is 63.1. The molecule has 0 aliphatic carbocycles. The molecule has 2 atom stereocenters. The Morgan fingerprint density at radius 1 is 0.380 bits per heavy atom. The number of hydrogen-bond acceptors (Lipinski definition) is 8. The van der Waals surface area contributed by atoms with E-state index >= 15 is 0 Å². The zero-order valence-electron chi connectivity index (χ0n) is 50.0. The molecule has 0 aromatic carbocycles. The Kier molecular flexibility index (Phi) is 59.8. The fraction of sp³-hybridized carbons (Fsp3) is 0.623. The van der Waals surface area contributed by atoms with Gasteiger partial charge in [0.05, 0.1) is 13.2 Å². The molecule has 0 rings (SSSR count). The summed E-state index contributed by atoms with van der Waals surface area (Å²) in [6, 6.07) is 0. The molecule has 0 saturated carbocycles. The number of nitrogens with two attached hydrogens (primary N) is 1. The maximum atomic E-state index is 12.7. The Labute approximate surface area is 484 Å². The molecule has 2 unspecified atom stereocenters. The lowest BCUT2D eigenvalue weighted by atomic mass is 10.0. The maximum absolute atomic E-state index is 12.7. The second-order valence-corrected chi connectivity index (χ2v) is 21.6. The first-order valence-electron chi connectivity index (χ1n) is 31.3. The highest BCUT2D eigenvalue weighted by Gasteiger charge is 2.26. The van der Waals surface area contributed by atoms with E-state index in [1.807, 2.05) is 0 Å². The first-order chi connectivity index (χ1) is 38.8. The molecule has 10 heteroatoms. The molecule has 0 aliphatic heterocycles. The van der Waals surface area contributed by atoms with Crippen molar-refractivity contribution < 1.29 is 37.6 Å². The number of phosphoric ester groups is 1. The van der Waals surface area contributed by atoms with Crippen molar-refractivity contribution >= 4 is 19.8 Å². The lowest BCUT2D eigenvalue weighted by Crippen LogP contribution is -2.29. The molecule has 0 heterocycles. The van der Waals surface area contributed by atoms with Crippen LogP contribution in [-0.2, 0) is 32.7 Å². The molecule has 79 heavy (non-hydrogen) atoms. The van der Waals surface area contributed by atoms with Gasteiger partial charge in [-0.2, -0.15) is 0 Å². The largest absolute Gasteiger partial charge is 0.472 e. The van der Waals surface area contributed by atoms with Gasteiger partial charge < -0.3 is 20.1 Å². The Morgan fingerprint density at radius 3 is 0.975 bits per heavy atom. The molecule has 0 saturated heterocycles. The van der Waals surface area contributed by atoms with E-state index in [1.165, 1.54) is 89.9 Å². The van der Waals surface area contributed by atoms with Crippen LogP contribution in [0.25, 0.3) is 0 Å². The lowest BCUT2D eigenvalue weighted by Gasteiger charge is -2.19. The van der Waals surface area contributed by atoms with Crippen molar-refractivity contribution in [2.24, 2.45) is 5.73 Å². The molecule has 0 fully saturated rings. The highest BCUT2D eigenvalue weighted by Crippen LogP contribution is 2.43. The van der Waals surface area contributed by atoms with Gasteiger partial charge in [-0.05, 0) is 116 Å². The minimum absolute atomic E-state index is 0.0439. The predicted octanol–water partition coefficient (Wildman–Crippen LogP) is 20.3. The van der Waals surface area contributed by atoms with Crippen LogP contribution in [-0.4, -0.2) is 49.3 Å². The molecule has 0 bridgehead atoms. The Hall–Kier alpha value is -4.11. The van der Waals surface area contributed by atoms with E-state index in [9.17, 15) is 19.0 Å².